The molecule has 1 saturated heterocycles. The van der Waals surface area contributed by atoms with Crippen LogP contribution in [0.2, 0.25) is 5.02 Å². The van der Waals surface area contributed by atoms with Gasteiger partial charge in [-0.1, -0.05) is 41.9 Å². The molecule has 37 heavy (non-hydrogen) atoms. The van der Waals surface area contributed by atoms with E-state index in [4.69, 9.17) is 11.6 Å². The standard InChI is InChI=1S/C25H26ClFN6O2S2/c1-31(23-10-22(27)24(9-21(23)26)37(34,35)30-25-16-36-17-28-25)20-7-8-32(15-20)12-19-11-29-33(14-19)13-18-5-3-2-4-6-18/h2-6,9-11,14,16-17,20,30H,7-8,12-13,15H2,1H3/t20-/m0/s1. The van der Waals surface area contributed by atoms with Gasteiger partial charge in [0.2, 0.25) is 0 Å². The summed E-state index contributed by atoms with van der Waals surface area (Å²) in [5, 5.41) is 6.19. The predicted molar refractivity (Wildman–Crippen MR) is 144 cm³/mol. The SMILES string of the molecule is CN(c1cc(F)c(S(=O)(=O)Nc2cscn2)cc1Cl)[C@H]1CCN(Cc2cnn(Cc3ccccc3)c2)C1. The summed E-state index contributed by atoms with van der Waals surface area (Å²) in [4.78, 5) is 7.63. The molecule has 0 spiro atoms. The topological polar surface area (TPSA) is 83.4 Å². The van der Waals surface area contributed by atoms with Crippen LogP contribution in [0.3, 0.4) is 0 Å². The maximum Gasteiger partial charge on any atom is 0.266 e. The Hall–Kier alpha value is -2.99. The van der Waals surface area contributed by atoms with Crippen LogP contribution in [0, 0.1) is 5.82 Å². The highest BCUT2D eigenvalue weighted by Crippen LogP contribution is 2.33. The Balaban J connectivity index is 1.23. The number of hydrogen-bond acceptors (Lipinski definition) is 7. The number of likely N-dealkylation sites (N-methyl/N-ethyl adjacent to an activating group) is 1. The molecule has 1 aliphatic rings. The van der Waals surface area contributed by atoms with Crippen LogP contribution >= 0.6 is 22.9 Å². The van der Waals surface area contributed by atoms with Crippen molar-refractivity contribution in [2.24, 2.45) is 0 Å². The molecule has 12 heteroatoms. The molecule has 0 bridgehead atoms. The van der Waals surface area contributed by atoms with Gasteiger partial charge in [-0.3, -0.25) is 14.3 Å². The van der Waals surface area contributed by atoms with Crippen molar-refractivity contribution in [2.45, 2.75) is 30.4 Å². The molecule has 4 aromatic rings. The zero-order valence-corrected chi connectivity index (χ0v) is 22.5. The molecule has 0 aliphatic carbocycles. The summed E-state index contributed by atoms with van der Waals surface area (Å²) in [7, 11) is -2.30. The van der Waals surface area contributed by atoms with Crippen molar-refractivity contribution in [1.82, 2.24) is 19.7 Å². The molecule has 0 amide bonds. The van der Waals surface area contributed by atoms with E-state index < -0.39 is 20.7 Å². The monoisotopic (exact) mass is 560 g/mol. The van der Waals surface area contributed by atoms with E-state index in [0.717, 1.165) is 44.2 Å². The summed E-state index contributed by atoms with van der Waals surface area (Å²) in [6, 6.07) is 12.6. The molecule has 8 nitrogen and oxygen atoms in total. The highest BCUT2D eigenvalue weighted by Gasteiger charge is 2.29. The highest BCUT2D eigenvalue weighted by molar-refractivity contribution is 7.92. The lowest BCUT2D eigenvalue weighted by atomic mass is 10.2. The van der Waals surface area contributed by atoms with Gasteiger partial charge < -0.3 is 4.90 Å². The minimum absolute atomic E-state index is 0.104. The summed E-state index contributed by atoms with van der Waals surface area (Å²) in [6.45, 7) is 3.13. The van der Waals surface area contributed by atoms with E-state index in [-0.39, 0.29) is 16.9 Å². The van der Waals surface area contributed by atoms with E-state index in [1.807, 2.05) is 41.0 Å². The molecule has 2 aromatic heterocycles. The van der Waals surface area contributed by atoms with Gasteiger partial charge in [0.05, 0.1) is 29.0 Å². The second-order valence-corrected chi connectivity index (χ2v) is 11.8. The molecule has 1 atom stereocenters. The molecule has 5 rings (SSSR count). The van der Waals surface area contributed by atoms with Crippen molar-refractivity contribution in [3.63, 3.8) is 0 Å². The van der Waals surface area contributed by atoms with E-state index in [1.54, 1.807) is 0 Å². The summed E-state index contributed by atoms with van der Waals surface area (Å²) < 4.78 is 44.5. The first-order valence-electron chi connectivity index (χ1n) is 11.7. The van der Waals surface area contributed by atoms with Gasteiger partial charge in [0, 0.05) is 55.9 Å². The summed E-state index contributed by atoms with van der Waals surface area (Å²) in [5.74, 6) is -0.729. The molecule has 1 aliphatic heterocycles. The third-order valence-electron chi connectivity index (χ3n) is 6.42. The van der Waals surface area contributed by atoms with Gasteiger partial charge in [-0.25, -0.2) is 17.8 Å². The van der Waals surface area contributed by atoms with Crippen LogP contribution < -0.4 is 9.62 Å². The maximum absolute atomic E-state index is 15.0. The largest absolute Gasteiger partial charge is 0.369 e. The Kier molecular flexibility index (Phi) is 7.47. The zero-order valence-electron chi connectivity index (χ0n) is 20.1. The third-order valence-corrected chi connectivity index (χ3v) is 8.68. The molecule has 2 aromatic carbocycles. The lowest BCUT2D eigenvalue weighted by molar-refractivity contribution is 0.326. The second kappa shape index (κ2) is 10.8. The number of benzene rings is 2. The Labute approximate surface area is 224 Å². The highest BCUT2D eigenvalue weighted by atomic mass is 35.5. The molecule has 3 heterocycles. The van der Waals surface area contributed by atoms with Gasteiger partial charge in [0.25, 0.3) is 10.0 Å². The Morgan fingerprint density at radius 2 is 2.03 bits per heavy atom. The number of halogens is 2. The smallest absolute Gasteiger partial charge is 0.266 e. The normalized spacial score (nSPS) is 16.2. The number of sulfonamides is 1. The Bertz CT molecular complexity index is 1460. The van der Waals surface area contributed by atoms with E-state index in [0.29, 0.717) is 5.69 Å². The van der Waals surface area contributed by atoms with Crippen molar-refractivity contribution in [1.29, 1.82) is 0 Å². The first kappa shape index (κ1) is 25.7. The summed E-state index contributed by atoms with van der Waals surface area (Å²) >= 11 is 7.69. The van der Waals surface area contributed by atoms with Crippen molar-refractivity contribution in [2.75, 3.05) is 29.8 Å². The number of nitrogens with one attached hydrogen (secondary N) is 1. The van der Waals surface area contributed by atoms with E-state index in [9.17, 15) is 12.8 Å². The Morgan fingerprint density at radius 3 is 2.78 bits per heavy atom. The Morgan fingerprint density at radius 1 is 1.22 bits per heavy atom. The van der Waals surface area contributed by atoms with Crippen molar-refractivity contribution in [3.8, 4) is 0 Å². The van der Waals surface area contributed by atoms with E-state index in [2.05, 4.69) is 38.0 Å². The number of rotatable bonds is 9. The lowest BCUT2D eigenvalue weighted by Crippen LogP contribution is -2.34. The second-order valence-electron chi connectivity index (χ2n) is 9.03. The van der Waals surface area contributed by atoms with Gasteiger partial charge in [-0.2, -0.15) is 5.10 Å². The van der Waals surface area contributed by atoms with Crippen molar-refractivity contribution >= 4 is 44.5 Å². The van der Waals surface area contributed by atoms with Crippen LogP contribution in [0.1, 0.15) is 17.5 Å². The lowest BCUT2D eigenvalue weighted by Gasteiger charge is -2.28. The third kappa shape index (κ3) is 5.96. The quantitative estimate of drug-likeness (QED) is 0.320. The summed E-state index contributed by atoms with van der Waals surface area (Å²) in [5.41, 5.74) is 4.27. The fourth-order valence-corrected chi connectivity index (χ4v) is 6.53. The minimum Gasteiger partial charge on any atom is -0.369 e. The van der Waals surface area contributed by atoms with Gasteiger partial charge in [-0.15, -0.1) is 11.3 Å². The zero-order chi connectivity index (χ0) is 26.0. The van der Waals surface area contributed by atoms with Gasteiger partial charge >= 0.3 is 0 Å². The van der Waals surface area contributed by atoms with Gasteiger partial charge in [0.1, 0.15) is 10.7 Å². The van der Waals surface area contributed by atoms with E-state index >= 15 is 0 Å². The first-order chi connectivity index (χ1) is 17.8. The van der Waals surface area contributed by atoms with Crippen LogP contribution in [-0.4, -0.2) is 54.3 Å². The average molecular weight is 561 g/mol. The predicted octanol–water partition coefficient (Wildman–Crippen LogP) is 4.69. The fourth-order valence-electron chi connectivity index (χ4n) is 4.52. The van der Waals surface area contributed by atoms with E-state index in [1.165, 1.54) is 33.9 Å². The molecular formula is C25H26ClFN6O2S2. The minimum atomic E-state index is -4.16. The molecule has 194 valence electrons. The number of thiazole rings is 1. The molecule has 0 saturated carbocycles. The first-order valence-corrected chi connectivity index (χ1v) is 14.5. The number of nitrogens with zero attached hydrogens (tertiary/aromatic N) is 5. The molecule has 0 unspecified atom stereocenters. The van der Waals surface area contributed by atoms with Crippen LogP contribution in [0.5, 0.6) is 0 Å². The van der Waals surface area contributed by atoms with Crippen molar-refractivity contribution < 1.29 is 12.8 Å². The number of likely N-dealkylation sites (tertiary alicyclic amines) is 1. The number of aromatic nitrogens is 3. The van der Waals surface area contributed by atoms with Gasteiger partial charge in [-0.05, 0) is 18.1 Å². The van der Waals surface area contributed by atoms with Crippen LogP contribution in [-0.2, 0) is 23.1 Å². The van der Waals surface area contributed by atoms with Gasteiger partial charge in [0.15, 0.2) is 5.82 Å². The molecule has 0 radical (unpaired) electrons. The van der Waals surface area contributed by atoms with Crippen LogP contribution in [0.25, 0.3) is 0 Å². The molecular weight excluding hydrogens is 535 g/mol. The number of anilines is 2. The number of hydrogen-bond donors (Lipinski definition) is 1. The van der Waals surface area contributed by atoms with Crippen molar-refractivity contribution in [3.05, 3.63) is 87.7 Å². The fraction of sp³-hybridized carbons (Fsp3) is 0.280. The maximum atomic E-state index is 15.0. The average Bonchev–Trinajstić information content (AvgIpc) is 3.64. The molecule has 1 N–H and O–H groups in total. The van der Waals surface area contributed by atoms with Crippen LogP contribution in [0.4, 0.5) is 15.9 Å². The molecule has 1 fully saturated rings. The summed E-state index contributed by atoms with van der Waals surface area (Å²) in [6.07, 6.45) is 4.83. The van der Waals surface area contributed by atoms with Crippen LogP contribution in [0.15, 0.2) is 70.6 Å².